The number of alkyl halides is 3. The van der Waals surface area contributed by atoms with Crippen LogP contribution in [0.2, 0.25) is 0 Å². The van der Waals surface area contributed by atoms with E-state index in [2.05, 4.69) is 4.98 Å². The molecule has 106 valence electrons. The van der Waals surface area contributed by atoms with Crippen molar-refractivity contribution in [3.63, 3.8) is 0 Å². The van der Waals surface area contributed by atoms with Gasteiger partial charge in [-0.2, -0.15) is 13.2 Å². The van der Waals surface area contributed by atoms with Crippen LogP contribution in [0.3, 0.4) is 0 Å². The van der Waals surface area contributed by atoms with Gasteiger partial charge in [0, 0.05) is 13.0 Å². The number of aromatic carboxylic acids is 1. The van der Waals surface area contributed by atoms with Gasteiger partial charge in [-0.1, -0.05) is 11.3 Å². The van der Waals surface area contributed by atoms with Crippen LogP contribution in [-0.4, -0.2) is 28.0 Å². The number of halogens is 3. The second kappa shape index (κ2) is 5.16. The normalized spacial score (nSPS) is 11.7. The first-order valence-corrected chi connectivity index (χ1v) is 5.98. The van der Waals surface area contributed by atoms with Gasteiger partial charge < -0.3 is 5.11 Å². The van der Waals surface area contributed by atoms with E-state index in [1.807, 2.05) is 0 Å². The van der Waals surface area contributed by atoms with E-state index < -0.39 is 34.7 Å². The molecule has 0 aliphatic heterocycles. The fourth-order valence-corrected chi connectivity index (χ4v) is 2.57. The fourth-order valence-electron chi connectivity index (χ4n) is 1.47. The SMILES string of the molecule is CC(=O)N(c1nc(C(F)(F)F)c(C(=O)O)s1)C(C)C. The molecule has 0 atom stereocenters. The second-order valence-electron chi connectivity index (χ2n) is 3.96. The monoisotopic (exact) mass is 296 g/mol. The summed E-state index contributed by atoms with van der Waals surface area (Å²) in [6.07, 6.45) is -4.87. The Kier molecular flexibility index (Phi) is 4.18. The molecule has 5 nitrogen and oxygen atoms in total. The lowest BCUT2D eigenvalue weighted by Crippen LogP contribution is -2.35. The number of carboxylic acids is 1. The van der Waals surface area contributed by atoms with Crippen LogP contribution in [0.25, 0.3) is 0 Å². The topological polar surface area (TPSA) is 70.5 Å². The zero-order valence-electron chi connectivity index (χ0n) is 10.3. The van der Waals surface area contributed by atoms with Crippen molar-refractivity contribution in [3.05, 3.63) is 10.6 Å². The summed E-state index contributed by atoms with van der Waals surface area (Å²) in [5.74, 6) is -2.22. The van der Waals surface area contributed by atoms with Crippen LogP contribution in [0, 0.1) is 0 Å². The third-order valence-corrected chi connectivity index (χ3v) is 3.18. The molecule has 1 aromatic heterocycles. The molecule has 1 N–H and O–H groups in total. The molecule has 0 radical (unpaired) electrons. The van der Waals surface area contributed by atoms with Crippen LogP contribution in [-0.2, 0) is 11.0 Å². The quantitative estimate of drug-likeness (QED) is 0.930. The number of thiazole rings is 1. The van der Waals surface area contributed by atoms with Crippen molar-refractivity contribution in [1.82, 2.24) is 4.98 Å². The molecule has 0 aromatic carbocycles. The van der Waals surface area contributed by atoms with Crippen LogP contribution >= 0.6 is 11.3 Å². The highest BCUT2D eigenvalue weighted by Crippen LogP contribution is 2.37. The first kappa shape index (κ1) is 15.4. The van der Waals surface area contributed by atoms with E-state index in [1.54, 1.807) is 13.8 Å². The first-order valence-electron chi connectivity index (χ1n) is 5.16. The molecule has 0 unspecified atom stereocenters. The lowest BCUT2D eigenvalue weighted by molar-refractivity contribution is -0.141. The Morgan fingerprint density at radius 3 is 2.16 bits per heavy atom. The zero-order chi connectivity index (χ0) is 15.0. The van der Waals surface area contributed by atoms with Gasteiger partial charge in [-0.3, -0.25) is 9.69 Å². The number of hydrogen-bond acceptors (Lipinski definition) is 4. The minimum Gasteiger partial charge on any atom is -0.477 e. The summed E-state index contributed by atoms with van der Waals surface area (Å²) in [5.41, 5.74) is -1.48. The number of anilines is 1. The third kappa shape index (κ3) is 3.22. The molecular weight excluding hydrogens is 285 g/mol. The van der Waals surface area contributed by atoms with Gasteiger partial charge in [0.1, 0.15) is 4.88 Å². The molecule has 0 saturated heterocycles. The Morgan fingerprint density at radius 1 is 1.37 bits per heavy atom. The van der Waals surface area contributed by atoms with E-state index in [0.29, 0.717) is 11.3 Å². The number of carbonyl (C=O) groups excluding carboxylic acids is 1. The predicted octanol–water partition coefficient (Wildman–Crippen LogP) is 2.62. The summed E-state index contributed by atoms with van der Waals surface area (Å²) in [4.78, 5) is 25.6. The highest BCUT2D eigenvalue weighted by molar-refractivity contribution is 7.17. The average molecular weight is 296 g/mol. The number of hydrogen-bond donors (Lipinski definition) is 1. The Bertz CT molecular complexity index is 511. The Hall–Kier alpha value is -1.64. The molecular formula is C10H11F3N2O3S. The zero-order valence-corrected chi connectivity index (χ0v) is 11.1. The number of carboxylic acid groups (broad SMARTS) is 1. The van der Waals surface area contributed by atoms with Crippen molar-refractivity contribution in [2.24, 2.45) is 0 Å². The molecule has 1 rings (SSSR count). The van der Waals surface area contributed by atoms with Gasteiger partial charge in [0.25, 0.3) is 0 Å². The highest BCUT2D eigenvalue weighted by atomic mass is 32.1. The number of amides is 1. The van der Waals surface area contributed by atoms with Crippen LogP contribution in [0.4, 0.5) is 18.3 Å². The summed E-state index contributed by atoms with van der Waals surface area (Å²) < 4.78 is 38.0. The molecule has 1 aromatic rings. The molecule has 0 aliphatic rings. The third-order valence-electron chi connectivity index (χ3n) is 2.14. The van der Waals surface area contributed by atoms with Crippen molar-refractivity contribution < 1.29 is 27.9 Å². The number of rotatable bonds is 3. The summed E-state index contributed by atoms with van der Waals surface area (Å²) in [7, 11) is 0. The van der Waals surface area contributed by atoms with Crippen molar-refractivity contribution in [3.8, 4) is 0 Å². The van der Waals surface area contributed by atoms with Crippen LogP contribution < -0.4 is 4.90 Å². The molecule has 0 spiro atoms. The maximum atomic E-state index is 12.7. The van der Waals surface area contributed by atoms with Gasteiger partial charge in [-0.25, -0.2) is 9.78 Å². The maximum Gasteiger partial charge on any atom is 0.435 e. The van der Waals surface area contributed by atoms with E-state index in [0.717, 1.165) is 4.90 Å². The Morgan fingerprint density at radius 2 is 1.89 bits per heavy atom. The van der Waals surface area contributed by atoms with Crippen molar-refractivity contribution >= 4 is 28.3 Å². The lowest BCUT2D eigenvalue weighted by atomic mass is 10.3. The smallest absolute Gasteiger partial charge is 0.435 e. The largest absolute Gasteiger partial charge is 0.477 e. The summed E-state index contributed by atoms with van der Waals surface area (Å²) in [6.45, 7) is 4.36. The van der Waals surface area contributed by atoms with E-state index in [1.165, 1.54) is 6.92 Å². The molecule has 0 saturated carbocycles. The minimum atomic E-state index is -4.87. The number of carbonyl (C=O) groups is 2. The number of nitrogens with zero attached hydrogens (tertiary/aromatic N) is 2. The molecule has 1 heterocycles. The maximum absolute atomic E-state index is 12.7. The summed E-state index contributed by atoms with van der Waals surface area (Å²) >= 11 is 0.334. The van der Waals surface area contributed by atoms with Crippen LogP contribution in [0.15, 0.2) is 0 Å². The van der Waals surface area contributed by atoms with E-state index in [4.69, 9.17) is 5.11 Å². The predicted molar refractivity (Wildman–Crippen MR) is 62.4 cm³/mol. The summed E-state index contributed by atoms with van der Waals surface area (Å²) in [6, 6.07) is -0.425. The molecule has 0 aliphatic carbocycles. The highest BCUT2D eigenvalue weighted by Gasteiger charge is 2.40. The second-order valence-corrected chi connectivity index (χ2v) is 4.94. The average Bonchev–Trinajstić information content (AvgIpc) is 2.60. The first-order chi connectivity index (χ1) is 8.55. The van der Waals surface area contributed by atoms with Gasteiger partial charge in [0.15, 0.2) is 10.8 Å². The van der Waals surface area contributed by atoms with Crippen molar-refractivity contribution in [2.75, 3.05) is 4.90 Å². The molecule has 1 amide bonds. The van der Waals surface area contributed by atoms with Crippen LogP contribution in [0.5, 0.6) is 0 Å². The Balaban J connectivity index is 3.40. The standard InChI is InChI=1S/C10H11F3N2O3S/c1-4(2)15(5(3)16)9-14-7(10(11,12)13)6(19-9)8(17)18/h4H,1-3H3,(H,17,18). The molecule has 19 heavy (non-hydrogen) atoms. The summed E-state index contributed by atoms with van der Waals surface area (Å²) in [5, 5.41) is 8.50. The van der Waals surface area contributed by atoms with Gasteiger partial charge in [-0.15, -0.1) is 0 Å². The van der Waals surface area contributed by atoms with E-state index in [9.17, 15) is 22.8 Å². The van der Waals surface area contributed by atoms with E-state index in [-0.39, 0.29) is 5.13 Å². The molecule has 0 fully saturated rings. The molecule has 9 heteroatoms. The van der Waals surface area contributed by atoms with Crippen LogP contribution in [0.1, 0.15) is 36.1 Å². The van der Waals surface area contributed by atoms with Crippen molar-refractivity contribution in [1.29, 1.82) is 0 Å². The Labute approximate surface area is 110 Å². The van der Waals surface area contributed by atoms with Gasteiger partial charge >= 0.3 is 12.1 Å². The van der Waals surface area contributed by atoms with E-state index >= 15 is 0 Å². The molecule has 0 bridgehead atoms. The lowest BCUT2D eigenvalue weighted by Gasteiger charge is -2.21. The van der Waals surface area contributed by atoms with Gasteiger partial charge in [-0.05, 0) is 13.8 Å². The van der Waals surface area contributed by atoms with Gasteiger partial charge in [0.2, 0.25) is 5.91 Å². The number of aromatic nitrogens is 1. The van der Waals surface area contributed by atoms with Crippen molar-refractivity contribution in [2.45, 2.75) is 33.0 Å². The minimum absolute atomic E-state index is 0.271. The van der Waals surface area contributed by atoms with Gasteiger partial charge in [0.05, 0.1) is 0 Å². The fraction of sp³-hybridized carbons (Fsp3) is 0.500.